The molecule has 0 radical (unpaired) electrons. The van der Waals surface area contributed by atoms with Crippen molar-refractivity contribution in [1.29, 1.82) is 0 Å². The average molecular weight is 265 g/mol. The molecule has 0 aliphatic heterocycles. The summed E-state index contributed by atoms with van der Waals surface area (Å²) in [6.07, 6.45) is 2.72. The summed E-state index contributed by atoms with van der Waals surface area (Å²) in [6.45, 7) is 0. The molecule has 0 amide bonds. The van der Waals surface area contributed by atoms with Crippen molar-refractivity contribution in [2.45, 2.75) is 4.90 Å². The zero-order valence-corrected chi connectivity index (χ0v) is 10.4. The molecule has 0 saturated carbocycles. The smallest absolute Gasteiger partial charge is 0.340 e. The van der Waals surface area contributed by atoms with Crippen LogP contribution < -0.4 is 8.92 Å². The van der Waals surface area contributed by atoms with Gasteiger partial charge in [-0.2, -0.15) is 8.42 Å². The number of rotatable bonds is 4. The van der Waals surface area contributed by atoms with E-state index >= 15 is 0 Å². The number of hydrogen-bond acceptors (Lipinski definition) is 5. The fourth-order valence-electron chi connectivity index (χ4n) is 1.35. The van der Waals surface area contributed by atoms with E-state index in [1.165, 1.54) is 37.7 Å². The van der Waals surface area contributed by atoms with Gasteiger partial charge in [-0.05, 0) is 24.3 Å². The summed E-state index contributed by atoms with van der Waals surface area (Å²) in [5.74, 6) is 0.494. The van der Waals surface area contributed by atoms with Gasteiger partial charge in [-0.1, -0.05) is 12.1 Å². The van der Waals surface area contributed by atoms with E-state index in [1.54, 1.807) is 18.2 Å². The third-order valence-corrected chi connectivity index (χ3v) is 3.41. The minimum atomic E-state index is -3.89. The van der Waals surface area contributed by atoms with Crippen LogP contribution in [-0.2, 0) is 10.1 Å². The molecule has 0 N–H and O–H groups in total. The van der Waals surface area contributed by atoms with Gasteiger partial charge in [-0.25, -0.2) is 0 Å². The second-order valence-electron chi connectivity index (χ2n) is 3.38. The van der Waals surface area contributed by atoms with Crippen molar-refractivity contribution in [1.82, 2.24) is 4.98 Å². The Hall–Kier alpha value is -2.08. The van der Waals surface area contributed by atoms with E-state index in [0.29, 0.717) is 5.75 Å². The quantitative estimate of drug-likeness (QED) is 0.789. The van der Waals surface area contributed by atoms with Gasteiger partial charge in [0, 0.05) is 12.4 Å². The highest BCUT2D eigenvalue weighted by atomic mass is 32.2. The number of benzene rings is 1. The van der Waals surface area contributed by atoms with Crippen LogP contribution >= 0.6 is 0 Å². The highest BCUT2D eigenvalue weighted by Gasteiger charge is 2.18. The van der Waals surface area contributed by atoms with Crippen molar-refractivity contribution < 1.29 is 17.3 Å². The van der Waals surface area contributed by atoms with Gasteiger partial charge in [0.05, 0.1) is 7.11 Å². The molecule has 0 spiro atoms. The predicted molar refractivity (Wildman–Crippen MR) is 65.0 cm³/mol. The van der Waals surface area contributed by atoms with Crippen LogP contribution in [0.4, 0.5) is 0 Å². The lowest BCUT2D eigenvalue weighted by Gasteiger charge is -2.09. The SMILES string of the molecule is COc1ccccc1OS(=O)(=O)c1cccnc1. The molecule has 6 heteroatoms. The van der Waals surface area contributed by atoms with Gasteiger partial charge in [0.15, 0.2) is 11.5 Å². The second kappa shape index (κ2) is 5.05. The Morgan fingerprint density at radius 2 is 1.78 bits per heavy atom. The lowest BCUT2D eigenvalue weighted by Crippen LogP contribution is -2.10. The van der Waals surface area contributed by atoms with E-state index in [0.717, 1.165) is 0 Å². The van der Waals surface area contributed by atoms with Crippen LogP contribution in [0.3, 0.4) is 0 Å². The minimum absolute atomic E-state index is 0.00379. The van der Waals surface area contributed by atoms with E-state index in [-0.39, 0.29) is 10.6 Å². The zero-order chi connectivity index (χ0) is 13.0. The number of hydrogen-bond donors (Lipinski definition) is 0. The van der Waals surface area contributed by atoms with Crippen LogP contribution in [0.2, 0.25) is 0 Å². The number of pyridine rings is 1. The van der Waals surface area contributed by atoms with Crippen molar-refractivity contribution >= 4 is 10.1 Å². The van der Waals surface area contributed by atoms with Gasteiger partial charge < -0.3 is 8.92 Å². The molecule has 2 rings (SSSR count). The Morgan fingerprint density at radius 3 is 2.39 bits per heavy atom. The summed E-state index contributed by atoms with van der Waals surface area (Å²) in [4.78, 5) is 3.74. The lowest BCUT2D eigenvalue weighted by molar-refractivity contribution is 0.390. The Morgan fingerprint density at radius 1 is 1.06 bits per heavy atom. The Labute approximate surface area is 105 Å². The van der Waals surface area contributed by atoms with Gasteiger partial charge in [0.1, 0.15) is 4.90 Å². The van der Waals surface area contributed by atoms with E-state index in [2.05, 4.69) is 4.98 Å². The summed E-state index contributed by atoms with van der Waals surface area (Å²) in [5.41, 5.74) is 0. The van der Waals surface area contributed by atoms with Gasteiger partial charge in [-0.15, -0.1) is 0 Å². The first-order chi connectivity index (χ1) is 8.63. The molecule has 94 valence electrons. The van der Waals surface area contributed by atoms with Crippen LogP contribution in [0.15, 0.2) is 53.7 Å². The first-order valence-electron chi connectivity index (χ1n) is 5.11. The fraction of sp³-hybridized carbons (Fsp3) is 0.0833. The number of aromatic nitrogens is 1. The fourth-order valence-corrected chi connectivity index (χ4v) is 2.25. The molecule has 1 aromatic heterocycles. The summed E-state index contributed by atoms with van der Waals surface area (Å²) in [7, 11) is -2.45. The van der Waals surface area contributed by atoms with E-state index < -0.39 is 10.1 Å². The van der Waals surface area contributed by atoms with Crippen molar-refractivity contribution in [2.24, 2.45) is 0 Å². The molecule has 0 unspecified atom stereocenters. The molecule has 5 nitrogen and oxygen atoms in total. The Bertz CT molecular complexity index is 626. The Balaban J connectivity index is 2.34. The first-order valence-corrected chi connectivity index (χ1v) is 6.52. The highest BCUT2D eigenvalue weighted by molar-refractivity contribution is 7.87. The maximum absolute atomic E-state index is 12.0. The zero-order valence-electron chi connectivity index (χ0n) is 9.61. The Kier molecular flexibility index (Phi) is 3.47. The monoisotopic (exact) mass is 265 g/mol. The molecular formula is C12H11NO4S. The van der Waals surface area contributed by atoms with Gasteiger partial charge >= 0.3 is 10.1 Å². The van der Waals surface area contributed by atoms with E-state index in [1.807, 2.05) is 0 Å². The molecule has 1 aromatic carbocycles. The van der Waals surface area contributed by atoms with Crippen molar-refractivity contribution in [3.63, 3.8) is 0 Å². The van der Waals surface area contributed by atoms with Crippen LogP contribution in [0.5, 0.6) is 11.5 Å². The number of ether oxygens (including phenoxy) is 1. The molecule has 0 aliphatic carbocycles. The largest absolute Gasteiger partial charge is 0.493 e. The van der Waals surface area contributed by atoms with E-state index in [9.17, 15) is 8.42 Å². The summed E-state index contributed by atoms with van der Waals surface area (Å²) in [6, 6.07) is 9.47. The average Bonchev–Trinajstić information content (AvgIpc) is 2.40. The third kappa shape index (κ3) is 2.60. The molecular weight excluding hydrogens is 254 g/mol. The van der Waals surface area contributed by atoms with Gasteiger partial charge in [-0.3, -0.25) is 4.98 Å². The number of methoxy groups -OCH3 is 1. The maximum atomic E-state index is 12.0. The summed E-state index contributed by atoms with van der Waals surface area (Å²) in [5, 5.41) is 0. The van der Waals surface area contributed by atoms with Crippen molar-refractivity contribution in [2.75, 3.05) is 7.11 Å². The molecule has 0 saturated heterocycles. The highest BCUT2D eigenvalue weighted by Crippen LogP contribution is 2.28. The van der Waals surface area contributed by atoms with Gasteiger partial charge in [0.25, 0.3) is 0 Å². The van der Waals surface area contributed by atoms with Crippen LogP contribution in [0.25, 0.3) is 0 Å². The predicted octanol–water partition coefficient (Wildman–Crippen LogP) is 1.86. The van der Waals surface area contributed by atoms with E-state index in [4.69, 9.17) is 8.92 Å². The molecule has 0 bridgehead atoms. The molecule has 18 heavy (non-hydrogen) atoms. The minimum Gasteiger partial charge on any atom is -0.493 e. The van der Waals surface area contributed by atoms with Crippen LogP contribution in [-0.4, -0.2) is 20.5 Å². The summed E-state index contributed by atoms with van der Waals surface area (Å²) < 4.78 is 33.9. The number of nitrogens with zero attached hydrogens (tertiary/aromatic N) is 1. The summed E-state index contributed by atoms with van der Waals surface area (Å²) >= 11 is 0. The molecule has 1 heterocycles. The van der Waals surface area contributed by atoms with Gasteiger partial charge in [0.2, 0.25) is 0 Å². The second-order valence-corrected chi connectivity index (χ2v) is 4.92. The third-order valence-electron chi connectivity index (χ3n) is 2.19. The molecule has 0 aliphatic rings. The molecule has 2 aromatic rings. The van der Waals surface area contributed by atoms with Crippen molar-refractivity contribution in [3.8, 4) is 11.5 Å². The van der Waals surface area contributed by atoms with Crippen LogP contribution in [0, 0.1) is 0 Å². The first kappa shape index (κ1) is 12.4. The number of para-hydroxylation sites is 2. The normalized spacial score (nSPS) is 10.9. The molecule has 0 atom stereocenters. The van der Waals surface area contributed by atoms with Crippen LogP contribution in [0.1, 0.15) is 0 Å². The standard InChI is InChI=1S/C12H11NO4S/c1-16-11-6-2-3-7-12(11)17-18(14,15)10-5-4-8-13-9-10/h2-9H,1H3. The maximum Gasteiger partial charge on any atom is 0.340 e. The lowest BCUT2D eigenvalue weighted by atomic mass is 10.3. The van der Waals surface area contributed by atoms with Crippen molar-refractivity contribution in [3.05, 3.63) is 48.8 Å². The topological polar surface area (TPSA) is 65.5 Å². The molecule has 0 fully saturated rings.